The van der Waals surface area contributed by atoms with Crippen molar-refractivity contribution >= 4 is 23.4 Å². The summed E-state index contributed by atoms with van der Waals surface area (Å²) in [5.74, 6) is -0.957. The van der Waals surface area contributed by atoms with Crippen molar-refractivity contribution in [2.75, 3.05) is 13.7 Å². The minimum Gasteiger partial charge on any atom is -0.495 e. The number of aromatic nitrogens is 1. The van der Waals surface area contributed by atoms with E-state index >= 15 is 0 Å². The fourth-order valence-corrected chi connectivity index (χ4v) is 4.58. The molecule has 0 radical (unpaired) electrons. The van der Waals surface area contributed by atoms with Crippen molar-refractivity contribution in [2.24, 2.45) is 0 Å². The summed E-state index contributed by atoms with van der Waals surface area (Å²) in [4.78, 5) is 38.1. The summed E-state index contributed by atoms with van der Waals surface area (Å²) in [6.07, 6.45) is 5.04. The Labute approximate surface area is 225 Å². The number of hydrogen-bond donors (Lipinski definition) is 1. The van der Waals surface area contributed by atoms with Crippen molar-refractivity contribution in [3.8, 4) is 22.9 Å². The number of nitriles is 1. The Morgan fingerprint density at radius 3 is 2.50 bits per heavy atom. The lowest BCUT2D eigenvalue weighted by Gasteiger charge is -2.27. The average molecular weight is 535 g/mol. The molecule has 9 heteroatoms. The molecule has 1 atom stereocenters. The van der Waals surface area contributed by atoms with Crippen LogP contribution >= 0.6 is 11.6 Å². The van der Waals surface area contributed by atoms with Crippen LogP contribution in [-0.2, 0) is 16.0 Å². The second kappa shape index (κ2) is 12.1. The van der Waals surface area contributed by atoms with Crippen LogP contribution in [0.5, 0.6) is 5.75 Å². The molecule has 4 rings (SSSR count). The Kier molecular flexibility index (Phi) is 8.62. The van der Waals surface area contributed by atoms with E-state index in [9.17, 15) is 19.6 Å². The fraction of sp³-hybridized carbons (Fsp3) is 0.310. The van der Waals surface area contributed by atoms with E-state index in [0.717, 1.165) is 19.3 Å². The summed E-state index contributed by atoms with van der Waals surface area (Å²) in [6, 6.07) is 13.5. The lowest BCUT2D eigenvalue weighted by Crippen LogP contribution is -2.32. The van der Waals surface area contributed by atoms with Gasteiger partial charge in [0.1, 0.15) is 5.75 Å². The largest absolute Gasteiger partial charge is 0.495 e. The molecule has 1 N–H and O–H groups in total. The number of Topliss-reactive ketones (excluding diaryl/α,β-unsaturated/α-hetero) is 1. The molecule has 0 unspecified atom stereocenters. The summed E-state index contributed by atoms with van der Waals surface area (Å²) >= 11 is 6.16. The zero-order valence-electron chi connectivity index (χ0n) is 20.9. The molecular weight excluding hydrogens is 508 g/mol. The molecule has 0 saturated heterocycles. The van der Waals surface area contributed by atoms with Crippen molar-refractivity contribution in [1.82, 2.24) is 4.57 Å². The van der Waals surface area contributed by atoms with Gasteiger partial charge in [0.2, 0.25) is 0 Å². The summed E-state index contributed by atoms with van der Waals surface area (Å²) < 4.78 is 12.8. The standard InChI is InChI=1S/C29H27ClN2O6/c1-37-27-17-32(28(34)15-24(27)23-14-21(30)10-9-20(23)16-31)25(11-12-38-22-3-2-4-22)26(33)13-18-5-7-19(8-6-18)29(35)36/h5-10,14-15,17,22,25H,2-4,11-13H2,1H3,(H,35,36)/t25-/m0/s1. The van der Waals surface area contributed by atoms with Gasteiger partial charge in [-0.3, -0.25) is 9.59 Å². The van der Waals surface area contributed by atoms with Gasteiger partial charge in [-0.05, 0) is 61.6 Å². The minimum absolute atomic E-state index is 0.0113. The number of hydrogen-bond acceptors (Lipinski definition) is 6. The van der Waals surface area contributed by atoms with E-state index in [-0.39, 0.29) is 30.3 Å². The third-order valence-corrected chi connectivity index (χ3v) is 6.98. The highest BCUT2D eigenvalue weighted by Crippen LogP contribution is 2.34. The van der Waals surface area contributed by atoms with E-state index in [1.807, 2.05) is 0 Å². The Hall–Kier alpha value is -3.93. The first-order chi connectivity index (χ1) is 18.3. The second-order valence-corrected chi connectivity index (χ2v) is 9.61. The van der Waals surface area contributed by atoms with Gasteiger partial charge < -0.3 is 19.1 Å². The molecule has 2 aromatic carbocycles. The Balaban J connectivity index is 1.68. The van der Waals surface area contributed by atoms with Gasteiger partial charge in [0.25, 0.3) is 5.56 Å². The number of methoxy groups -OCH3 is 1. The van der Waals surface area contributed by atoms with Crippen LogP contribution in [0.1, 0.15) is 53.2 Å². The van der Waals surface area contributed by atoms with Crippen LogP contribution < -0.4 is 10.3 Å². The molecule has 0 spiro atoms. The molecule has 196 valence electrons. The predicted octanol–water partition coefficient (Wildman–Crippen LogP) is 5.06. The normalized spacial score (nSPS) is 13.8. The van der Waals surface area contributed by atoms with Crippen LogP contribution in [0, 0.1) is 11.3 Å². The van der Waals surface area contributed by atoms with E-state index < -0.39 is 17.6 Å². The number of carboxylic acid groups (broad SMARTS) is 1. The second-order valence-electron chi connectivity index (χ2n) is 9.18. The van der Waals surface area contributed by atoms with Gasteiger partial charge >= 0.3 is 5.97 Å². The molecule has 3 aromatic rings. The first kappa shape index (κ1) is 27.1. The van der Waals surface area contributed by atoms with Crippen LogP contribution in [0.25, 0.3) is 11.1 Å². The van der Waals surface area contributed by atoms with Crippen molar-refractivity contribution in [3.05, 3.63) is 86.8 Å². The third-order valence-electron chi connectivity index (χ3n) is 6.74. The molecule has 1 saturated carbocycles. The molecule has 0 bridgehead atoms. The third kappa shape index (κ3) is 6.13. The van der Waals surface area contributed by atoms with Gasteiger partial charge in [-0.15, -0.1) is 0 Å². The van der Waals surface area contributed by atoms with Crippen molar-refractivity contribution in [3.63, 3.8) is 0 Å². The highest BCUT2D eigenvalue weighted by atomic mass is 35.5. The molecule has 0 amide bonds. The fourth-order valence-electron chi connectivity index (χ4n) is 4.41. The number of benzene rings is 2. The molecule has 8 nitrogen and oxygen atoms in total. The molecule has 1 heterocycles. The monoisotopic (exact) mass is 534 g/mol. The number of nitrogens with zero attached hydrogens (tertiary/aromatic N) is 2. The summed E-state index contributed by atoms with van der Waals surface area (Å²) in [5.41, 5.74) is 1.51. The molecular formula is C29H27ClN2O6. The number of pyridine rings is 1. The van der Waals surface area contributed by atoms with E-state index in [2.05, 4.69) is 6.07 Å². The number of carbonyl (C=O) groups excluding carboxylic acids is 1. The lowest BCUT2D eigenvalue weighted by molar-refractivity contribution is -0.122. The van der Waals surface area contributed by atoms with E-state index in [4.69, 9.17) is 26.2 Å². The van der Waals surface area contributed by atoms with Crippen molar-refractivity contribution < 1.29 is 24.2 Å². The quantitative estimate of drug-likeness (QED) is 0.365. The molecule has 1 aromatic heterocycles. The van der Waals surface area contributed by atoms with Crippen LogP contribution in [-0.4, -0.2) is 41.2 Å². The first-order valence-corrected chi connectivity index (χ1v) is 12.6. The topological polar surface area (TPSA) is 119 Å². The Morgan fingerprint density at radius 1 is 1.16 bits per heavy atom. The molecule has 0 aliphatic heterocycles. The van der Waals surface area contributed by atoms with Gasteiger partial charge in [-0.2, -0.15) is 5.26 Å². The van der Waals surface area contributed by atoms with Gasteiger partial charge in [-0.1, -0.05) is 23.7 Å². The van der Waals surface area contributed by atoms with E-state index in [0.29, 0.717) is 39.6 Å². The zero-order chi connectivity index (χ0) is 27.2. The van der Waals surface area contributed by atoms with E-state index in [1.165, 1.54) is 36.1 Å². The minimum atomic E-state index is -1.05. The smallest absolute Gasteiger partial charge is 0.335 e. The Bertz CT molecular complexity index is 1440. The molecule has 1 aliphatic rings. The number of rotatable bonds is 11. The van der Waals surface area contributed by atoms with Gasteiger partial charge in [0.15, 0.2) is 5.78 Å². The number of carbonyl (C=O) groups is 2. The Morgan fingerprint density at radius 2 is 1.89 bits per heavy atom. The lowest BCUT2D eigenvalue weighted by atomic mass is 9.96. The summed E-state index contributed by atoms with van der Waals surface area (Å²) in [6.45, 7) is 0.308. The van der Waals surface area contributed by atoms with Gasteiger partial charge in [0.05, 0.1) is 42.6 Å². The maximum atomic E-state index is 13.5. The highest BCUT2D eigenvalue weighted by Gasteiger charge is 2.26. The maximum absolute atomic E-state index is 13.5. The van der Waals surface area contributed by atoms with Gasteiger partial charge in [-0.25, -0.2) is 4.79 Å². The van der Waals surface area contributed by atoms with Crippen LogP contribution in [0.15, 0.2) is 59.5 Å². The highest BCUT2D eigenvalue weighted by molar-refractivity contribution is 6.31. The van der Waals surface area contributed by atoms with E-state index in [1.54, 1.807) is 30.3 Å². The SMILES string of the molecule is COc1cn([C@@H](CCOC2CCC2)C(=O)Cc2ccc(C(=O)O)cc2)c(=O)cc1-c1cc(Cl)ccc1C#N. The van der Waals surface area contributed by atoms with Crippen LogP contribution in [0.2, 0.25) is 5.02 Å². The number of aromatic carboxylic acids is 1. The van der Waals surface area contributed by atoms with Gasteiger partial charge in [0, 0.05) is 35.2 Å². The number of carboxylic acids is 1. The average Bonchev–Trinajstić information content (AvgIpc) is 2.88. The number of ether oxygens (including phenoxy) is 2. The summed E-state index contributed by atoms with van der Waals surface area (Å²) in [5, 5.41) is 19.1. The first-order valence-electron chi connectivity index (χ1n) is 12.3. The maximum Gasteiger partial charge on any atom is 0.335 e. The van der Waals surface area contributed by atoms with Crippen LogP contribution in [0.4, 0.5) is 0 Å². The summed E-state index contributed by atoms with van der Waals surface area (Å²) in [7, 11) is 1.45. The molecule has 1 fully saturated rings. The molecule has 38 heavy (non-hydrogen) atoms. The number of halogens is 1. The molecule has 1 aliphatic carbocycles. The van der Waals surface area contributed by atoms with Crippen molar-refractivity contribution in [1.29, 1.82) is 5.26 Å². The van der Waals surface area contributed by atoms with Crippen LogP contribution in [0.3, 0.4) is 0 Å². The number of ketones is 1. The van der Waals surface area contributed by atoms with Crippen molar-refractivity contribution in [2.45, 2.75) is 44.2 Å². The zero-order valence-corrected chi connectivity index (χ0v) is 21.6. The predicted molar refractivity (Wildman–Crippen MR) is 142 cm³/mol.